The second-order valence-electron chi connectivity index (χ2n) is 15.2. The van der Waals surface area contributed by atoms with Crippen LogP contribution in [-0.2, 0) is 26.5 Å². The molecule has 1 N–H and O–H groups in total. The number of nitrogens with zero attached hydrogens (tertiary/aromatic N) is 3. The van der Waals surface area contributed by atoms with Gasteiger partial charge in [0.25, 0.3) is 0 Å². The van der Waals surface area contributed by atoms with Crippen LogP contribution in [0.25, 0.3) is 83.9 Å². The Morgan fingerprint density at radius 3 is 1.88 bits per heavy atom. The molecule has 0 amide bonds. The zero-order valence-electron chi connectivity index (χ0n) is 32.6. The monoisotopic (exact) mass is 931 g/mol. The van der Waals surface area contributed by atoms with Crippen molar-refractivity contribution in [3.8, 4) is 78.6 Å². The van der Waals surface area contributed by atoms with Crippen molar-refractivity contribution in [1.29, 1.82) is 0 Å². The molecule has 0 fully saturated rings. The molecule has 9 rings (SSSR count). The Hall–Kier alpha value is -6.35. The first-order valence-corrected chi connectivity index (χ1v) is 19.5. The zero-order chi connectivity index (χ0) is 38.9. The molecule has 58 heavy (non-hydrogen) atoms. The molecule has 0 aliphatic rings. The summed E-state index contributed by atoms with van der Waals surface area (Å²) >= 11 is 0. The van der Waals surface area contributed by atoms with Crippen molar-refractivity contribution >= 4 is 11.0 Å². The molecule has 0 saturated carbocycles. The molecule has 0 spiro atoms. The number of para-hydroxylation sites is 2. The average Bonchev–Trinajstić information content (AvgIpc) is 3.66. The smallest absolute Gasteiger partial charge is 0.148 e. The summed E-state index contributed by atoms with van der Waals surface area (Å²) in [6.45, 7) is 6.83. The van der Waals surface area contributed by atoms with Crippen molar-refractivity contribution in [1.82, 2.24) is 14.5 Å². The first-order valence-electron chi connectivity index (χ1n) is 19.5. The van der Waals surface area contributed by atoms with E-state index in [9.17, 15) is 5.11 Å². The van der Waals surface area contributed by atoms with Gasteiger partial charge in [-0.2, -0.15) is 0 Å². The summed E-state index contributed by atoms with van der Waals surface area (Å²) in [5.74, 6) is 0.830. The van der Waals surface area contributed by atoms with Crippen molar-refractivity contribution in [3.63, 3.8) is 0 Å². The van der Waals surface area contributed by atoms with Crippen molar-refractivity contribution in [2.75, 3.05) is 0 Å². The number of benzene rings is 7. The van der Waals surface area contributed by atoms with E-state index in [0.29, 0.717) is 11.4 Å². The number of aromatic nitrogens is 3. The molecule has 0 aliphatic heterocycles. The summed E-state index contributed by atoms with van der Waals surface area (Å²) in [5, 5.41) is 11.4. The predicted molar refractivity (Wildman–Crippen MR) is 235 cm³/mol. The number of hydrogen-bond acceptors (Lipinski definition) is 3. The molecular weight excluding hydrogens is 890 g/mol. The van der Waals surface area contributed by atoms with Gasteiger partial charge in [0.1, 0.15) is 11.6 Å². The summed E-state index contributed by atoms with van der Waals surface area (Å²) in [7, 11) is 0. The number of phenols is 1. The number of pyridine rings is 1. The second kappa shape index (κ2) is 16.3. The summed E-state index contributed by atoms with van der Waals surface area (Å²) in [4.78, 5) is 10.3. The van der Waals surface area contributed by atoms with E-state index >= 15 is 0 Å². The van der Waals surface area contributed by atoms with Crippen molar-refractivity contribution < 1.29 is 26.2 Å². The minimum Gasteiger partial charge on any atom is -0.507 e. The van der Waals surface area contributed by atoms with Crippen LogP contribution in [0.4, 0.5) is 0 Å². The summed E-state index contributed by atoms with van der Waals surface area (Å²) in [5.41, 5.74) is 14.8. The third-order valence-corrected chi connectivity index (χ3v) is 11.2. The van der Waals surface area contributed by atoms with Crippen LogP contribution in [0.5, 0.6) is 5.75 Å². The van der Waals surface area contributed by atoms with E-state index in [4.69, 9.17) is 9.97 Å². The van der Waals surface area contributed by atoms with Gasteiger partial charge in [-0.25, -0.2) is 4.98 Å². The van der Waals surface area contributed by atoms with Gasteiger partial charge >= 0.3 is 0 Å². The molecule has 0 aliphatic carbocycles. The Balaban J connectivity index is 0.00000469. The van der Waals surface area contributed by atoms with Crippen LogP contribution >= 0.6 is 0 Å². The third-order valence-electron chi connectivity index (χ3n) is 11.2. The SMILES string of the molecule is CCC(C)(C)c1ccc(-n2c(-c3ccccc3O)nc3c(-c4[c-]c(-c5cc(-c6ccccc6)ccn5)cc(-c5ccccc5)c4)cccc32)c(-c2ccccc2)c1.[Pt]. The first kappa shape index (κ1) is 38.5. The quantitative estimate of drug-likeness (QED) is 0.147. The summed E-state index contributed by atoms with van der Waals surface area (Å²) < 4.78 is 2.21. The Bertz CT molecular complexity index is 2870. The van der Waals surface area contributed by atoms with E-state index < -0.39 is 0 Å². The number of fused-ring (bicyclic) bond motifs is 1. The van der Waals surface area contributed by atoms with Crippen molar-refractivity contribution in [2.24, 2.45) is 0 Å². The first-order chi connectivity index (χ1) is 27.9. The van der Waals surface area contributed by atoms with Crippen LogP contribution in [0.2, 0.25) is 0 Å². The van der Waals surface area contributed by atoms with E-state index in [1.165, 1.54) is 5.56 Å². The van der Waals surface area contributed by atoms with Gasteiger partial charge in [0.15, 0.2) is 0 Å². The molecule has 0 atom stereocenters. The number of rotatable bonds is 9. The van der Waals surface area contributed by atoms with Crippen LogP contribution in [0, 0.1) is 6.07 Å². The van der Waals surface area contributed by atoms with Crippen molar-refractivity contribution in [3.05, 3.63) is 194 Å². The zero-order valence-corrected chi connectivity index (χ0v) is 34.9. The van der Waals surface area contributed by atoms with E-state index in [-0.39, 0.29) is 32.2 Å². The average molecular weight is 932 g/mol. The van der Waals surface area contributed by atoms with Gasteiger partial charge in [0, 0.05) is 38.5 Å². The van der Waals surface area contributed by atoms with E-state index in [1.54, 1.807) is 6.07 Å². The van der Waals surface area contributed by atoms with Crippen molar-refractivity contribution in [2.45, 2.75) is 32.6 Å². The molecule has 0 radical (unpaired) electrons. The second-order valence-corrected chi connectivity index (χ2v) is 15.2. The maximum Gasteiger partial charge on any atom is 0.148 e. The van der Waals surface area contributed by atoms with Gasteiger partial charge in [0.2, 0.25) is 0 Å². The number of aromatic hydroxyl groups is 1. The summed E-state index contributed by atoms with van der Waals surface area (Å²) in [6.07, 6.45) is 2.88. The Labute approximate surface area is 354 Å². The molecular formula is C53H42N3OPt-. The van der Waals surface area contributed by atoms with Gasteiger partial charge in [-0.05, 0) is 76.1 Å². The van der Waals surface area contributed by atoms with Gasteiger partial charge in [-0.3, -0.25) is 9.55 Å². The third kappa shape index (κ3) is 7.33. The van der Waals surface area contributed by atoms with Gasteiger partial charge in [-0.1, -0.05) is 165 Å². The maximum absolute atomic E-state index is 11.4. The predicted octanol–water partition coefficient (Wildman–Crippen LogP) is 13.6. The Morgan fingerprint density at radius 1 is 0.569 bits per heavy atom. The minimum absolute atomic E-state index is 0. The number of imidazole rings is 1. The molecule has 286 valence electrons. The van der Waals surface area contributed by atoms with Crippen LogP contribution in [0.3, 0.4) is 0 Å². The minimum atomic E-state index is -0.0143. The number of phenolic OH excluding ortho intramolecular Hbond substituents is 1. The van der Waals surface area contributed by atoms with Gasteiger partial charge in [-0.15, -0.1) is 23.8 Å². The van der Waals surface area contributed by atoms with Crippen LogP contribution in [0.15, 0.2) is 182 Å². The van der Waals surface area contributed by atoms with Gasteiger partial charge in [0.05, 0.1) is 22.3 Å². The fraction of sp³-hybridized carbons (Fsp3) is 0.0943. The molecule has 0 unspecified atom stereocenters. The standard InChI is InChI=1S/C53H42N3O.Pt/c1-4-53(2,3)43-27-28-48(46(35-43)38-21-12-7-13-22-38)56-49-25-16-24-44(51(49)55-52(56)45-23-14-15-26-50(45)57)41-31-40(37-19-10-6-11-20-37)32-42(33-41)47-34-39(29-30-54-47)36-17-8-5-9-18-36;/h5-32,34-35,57H,4H2,1-3H3;/q-1;. The van der Waals surface area contributed by atoms with E-state index in [0.717, 1.165) is 78.9 Å². The maximum atomic E-state index is 11.4. The van der Waals surface area contributed by atoms with E-state index in [1.807, 2.05) is 42.6 Å². The van der Waals surface area contributed by atoms with Crippen LogP contribution in [0.1, 0.15) is 32.8 Å². The largest absolute Gasteiger partial charge is 0.507 e. The van der Waals surface area contributed by atoms with Gasteiger partial charge < -0.3 is 5.11 Å². The molecule has 7 aromatic carbocycles. The van der Waals surface area contributed by atoms with Crippen LogP contribution < -0.4 is 0 Å². The topological polar surface area (TPSA) is 50.9 Å². The normalized spacial score (nSPS) is 11.4. The van der Waals surface area contributed by atoms with E-state index in [2.05, 4.69) is 165 Å². The molecule has 2 heterocycles. The Kier molecular flexibility index (Phi) is 10.8. The van der Waals surface area contributed by atoms with Crippen LogP contribution in [-0.4, -0.2) is 19.6 Å². The number of hydrogen-bond donors (Lipinski definition) is 1. The molecule has 2 aromatic heterocycles. The molecule has 4 nitrogen and oxygen atoms in total. The fourth-order valence-electron chi connectivity index (χ4n) is 7.65. The molecule has 0 bridgehead atoms. The Morgan fingerprint density at radius 2 is 1.19 bits per heavy atom. The summed E-state index contributed by atoms with van der Waals surface area (Å²) in [6, 6.07) is 64.3. The fourth-order valence-corrected chi connectivity index (χ4v) is 7.65. The molecule has 9 aromatic rings. The molecule has 0 saturated heterocycles. The molecule has 5 heteroatoms.